The van der Waals surface area contributed by atoms with Crippen LogP contribution >= 0.6 is 0 Å². The molecule has 0 heterocycles. The molecule has 0 aliphatic carbocycles. The Morgan fingerprint density at radius 1 is 1.40 bits per heavy atom. The summed E-state index contributed by atoms with van der Waals surface area (Å²) >= 11 is 0. The second-order valence-corrected chi connectivity index (χ2v) is 3.05. The summed E-state index contributed by atoms with van der Waals surface area (Å²) in [6.45, 7) is 3.42. The van der Waals surface area contributed by atoms with Crippen molar-refractivity contribution in [1.82, 2.24) is 0 Å². The normalized spacial score (nSPS) is 10.4. The predicted octanol–water partition coefficient (Wildman–Crippen LogP) is 1.94. The third-order valence-electron chi connectivity index (χ3n) is 1.69. The van der Waals surface area contributed by atoms with Gasteiger partial charge in [0.25, 0.3) is 0 Å². The predicted molar refractivity (Wildman–Crippen MR) is 59.6 cm³/mol. The smallest absolute Gasteiger partial charge is 1.00 e. The molecule has 4 nitrogen and oxygen atoms in total. The van der Waals surface area contributed by atoms with E-state index in [1.54, 1.807) is 0 Å². The van der Waals surface area contributed by atoms with Gasteiger partial charge in [-0.15, -0.1) is 0 Å². The molecule has 15 heavy (non-hydrogen) atoms. The number of aliphatic carboxylic acids is 1. The Labute approximate surface area is 109 Å². The van der Waals surface area contributed by atoms with E-state index in [4.69, 9.17) is 5.11 Å². The Kier molecular flexibility index (Phi) is 11.2. The molecule has 0 aromatic heterocycles. The van der Waals surface area contributed by atoms with Gasteiger partial charge in [-0.25, -0.2) is 4.79 Å². The molecule has 0 unspecified atom stereocenters. The maximum Gasteiger partial charge on any atom is 2.00 e. The number of rotatable bonds is 6. The van der Waals surface area contributed by atoms with Crippen LogP contribution in [0.2, 0.25) is 0 Å². The first-order valence-corrected chi connectivity index (χ1v) is 4.67. The molecule has 0 bridgehead atoms. The molecule has 0 saturated heterocycles. The van der Waals surface area contributed by atoms with Crippen LogP contribution in [-0.4, -0.2) is 40.1 Å². The molecule has 0 rings (SSSR count). The van der Waals surface area contributed by atoms with Gasteiger partial charge < -0.3 is 12.7 Å². The Hall–Kier alpha value is -0.554. The fraction of sp³-hybridized carbons (Fsp3) is 0.600. The molecule has 0 atom stereocenters. The zero-order valence-corrected chi connectivity index (χ0v) is 10.7. The molecule has 84 valence electrons. The first-order chi connectivity index (χ1) is 6.57. The summed E-state index contributed by atoms with van der Waals surface area (Å²) in [6.07, 6.45) is 4.14. The second-order valence-electron chi connectivity index (χ2n) is 3.05. The van der Waals surface area contributed by atoms with Gasteiger partial charge in [0, 0.05) is 6.42 Å². The molecular weight excluding hydrogens is 208 g/mol. The van der Waals surface area contributed by atoms with Crippen LogP contribution in [0.1, 0.15) is 42.4 Å². The average molecular weight is 227 g/mol. The number of carbonyl (C=O) groups is 2. The van der Waals surface area contributed by atoms with Gasteiger partial charge in [-0.1, -0.05) is 19.8 Å². The second kappa shape index (κ2) is 9.98. The van der Waals surface area contributed by atoms with Crippen molar-refractivity contribution >= 4 is 35.0 Å². The number of carboxylic acids is 1. The first kappa shape index (κ1) is 16.9. The van der Waals surface area contributed by atoms with E-state index in [0.717, 1.165) is 25.5 Å². The summed E-state index contributed by atoms with van der Waals surface area (Å²) in [5.74, 6) is -1.45. The molecule has 0 amide bonds. The van der Waals surface area contributed by atoms with Gasteiger partial charge in [0.15, 0.2) is 0 Å². The topological polar surface area (TPSA) is 63.6 Å². The third-order valence-corrected chi connectivity index (χ3v) is 1.69. The van der Waals surface area contributed by atoms with Crippen LogP contribution in [0, 0.1) is 0 Å². The van der Waals surface area contributed by atoms with Gasteiger partial charge >= 0.3 is 35.0 Å². The first-order valence-electron chi connectivity index (χ1n) is 4.67. The number of esters is 1. The quantitative estimate of drug-likeness (QED) is 0.247. The maximum absolute atomic E-state index is 11.0. The number of unbranched alkanes of at least 4 members (excludes halogenated alkanes) is 2. The van der Waals surface area contributed by atoms with Gasteiger partial charge in [-0.2, -0.15) is 0 Å². The number of hydrogen-bond donors (Lipinski definition) is 1. The molecule has 0 saturated carbocycles. The van der Waals surface area contributed by atoms with Crippen molar-refractivity contribution in [3.05, 3.63) is 11.8 Å². The van der Waals surface area contributed by atoms with Gasteiger partial charge in [0.05, 0.1) is 5.57 Å². The summed E-state index contributed by atoms with van der Waals surface area (Å²) in [6, 6.07) is 0. The molecule has 0 aliphatic rings. The minimum Gasteiger partial charge on any atom is -1.00 e. The standard InChI is InChI=1S/C10H16O4.Mg.2H/c1-3-4-5-6-9(11)14-7-8(2)10(12)13;;;/h7H,3-6H2,1-2H3,(H,12,13);;;/q;+2;2*-1. The van der Waals surface area contributed by atoms with E-state index in [-0.39, 0.29) is 37.4 Å². The summed E-state index contributed by atoms with van der Waals surface area (Å²) in [4.78, 5) is 21.3. The van der Waals surface area contributed by atoms with Gasteiger partial charge in [-0.05, 0) is 13.3 Å². The van der Waals surface area contributed by atoms with Crippen LogP contribution in [-0.2, 0) is 14.3 Å². The van der Waals surface area contributed by atoms with Crippen molar-refractivity contribution in [2.24, 2.45) is 0 Å². The molecule has 0 aromatic carbocycles. The van der Waals surface area contributed by atoms with Gasteiger partial charge in [0.1, 0.15) is 6.26 Å². The van der Waals surface area contributed by atoms with Crippen molar-refractivity contribution in [2.45, 2.75) is 39.5 Å². The summed E-state index contributed by atoms with van der Waals surface area (Å²) in [5, 5.41) is 8.45. The fourth-order valence-corrected chi connectivity index (χ4v) is 0.783. The largest absolute Gasteiger partial charge is 2.00 e. The molecule has 0 fully saturated rings. The summed E-state index contributed by atoms with van der Waals surface area (Å²) in [5.41, 5.74) is 0.0221. The van der Waals surface area contributed by atoms with E-state index in [0.29, 0.717) is 6.42 Å². The number of carboxylic acid groups (broad SMARTS) is 1. The van der Waals surface area contributed by atoms with Crippen LogP contribution in [0.25, 0.3) is 0 Å². The SMILES string of the molecule is CCCCCC(=O)OC=C(C)C(=O)O.[H-].[H-].[Mg+2]. The average Bonchev–Trinajstić information content (AvgIpc) is 2.14. The van der Waals surface area contributed by atoms with Crippen LogP contribution in [0.15, 0.2) is 11.8 Å². The number of hydrogen-bond acceptors (Lipinski definition) is 3. The maximum atomic E-state index is 11.0. The van der Waals surface area contributed by atoms with Crippen LogP contribution in [0.4, 0.5) is 0 Å². The van der Waals surface area contributed by atoms with E-state index in [2.05, 4.69) is 4.74 Å². The molecule has 1 N–H and O–H groups in total. The van der Waals surface area contributed by atoms with E-state index < -0.39 is 5.97 Å². The van der Waals surface area contributed by atoms with Crippen molar-refractivity contribution in [2.75, 3.05) is 0 Å². The Morgan fingerprint density at radius 3 is 2.47 bits per heavy atom. The number of carbonyl (C=O) groups excluding carboxylic acids is 1. The molecular formula is C10H18MgO4. The van der Waals surface area contributed by atoms with Crippen molar-refractivity contribution in [3.63, 3.8) is 0 Å². The third kappa shape index (κ3) is 9.74. The van der Waals surface area contributed by atoms with E-state index in [1.165, 1.54) is 6.92 Å². The van der Waals surface area contributed by atoms with Gasteiger partial charge in [0.2, 0.25) is 0 Å². The minimum absolute atomic E-state index is 0. The Morgan fingerprint density at radius 2 is 2.00 bits per heavy atom. The van der Waals surface area contributed by atoms with E-state index >= 15 is 0 Å². The van der Waals surface area contributed by atoms with E-state index in [9.17, 15) is 9.59 Å². The van der Waals surface area contributed by atoms with Gasteiger partial charge in [-0.3, -0.25) is 4.79 Å². The van der Waals surface area contributed by atoms with Crippen molar-refractivity contribution in [3.8, 4) is 0 Å². The molecule has 0 radical (unpaired) electrons. The minimum atomic E-state index is -1.08. The molecule has 0 spiro atoms. The van der Waals surface area contributed by atoms with E-state index in [1.807, 2.05) is 6.92 Å². The Bertz CT molecular complexity index is 244. The summed E-state index contributed by atoms with van der Waals surface area (Å²) in [7, 11) is 0. The molecule has 5 heteroatoms. The zero-order valence-electron chi connectivity index (χ0n) is 11.3. The van der Waals surface area contributed by atoms with Crippen molar-refractivity contribution < 1.29 is 22.3 Å². The fourth-order valence-electron chi connectivity index (χ4n) is 0.783. The summed E-state index contributed by atoms with van der Waals surface area (Å²) < 4.78 is 4.63. The zero-order chi connectivity index (χ0) is 11.0. The molecule has 0 aromatic rings. The Balaban J connectivity index is -0.000000282. The van der Waals surface area contributed by atoms with Crippen LogP contribution < -0.4 is 0 Å². The van der Waals surface area contributed by atoms with Crippen molar-refractivity contribution in [1.29, 1.82) is 0 Å². The molecule has 0 aliphatic heterocycles. The monoisotopic (exact) mass is 226 g/mol. The van der Waals surface area contributed by atoms with Crippen LogP contribution in [0.5, 0.6) is 0 Å². The number of ether oxygens (including phenoxy) is 1. The van der Waals surface area contributed by atoms with Crippen LogP contribution in [0.3, 0.4) is 0 Å².